The molecule has 1 amide bonds. The van der Waals surface area contributed by atoms with Crippen LogP contribution < -0.4 is 9.62 Å². The molecule has 5 nitrogen and oxygen atoms in total. The van der Waals surface area contributed by atoms with Crippen LogP contribution in [0.3, 0.4) is 0 Å². The third-order valence-corrected chi connectivity index (χ3v) is 5.06. The molecule has 2 aromatic rings. The van der Waals surface area contributed by atoms with E-state index in [9.17, 15) is 13.2 Å². The van der Waals surface area contributed by atoms with Crippen molar-refractivity contribution < 1.29 is 13.2 Å². The minimum Gasteiger partial charge on any atom is -0.322 e. The Balaban J connectivity index is 2.21. The van der Waals surface area contributed by atoms with Gasteiger partial charge in [0, 0.05) is 22.8 Å². The maximum atomic E-state index is 12.3. The normalized spacial score (nSPS) is 11.2. The quantitative estimate of drug-likeness (QED) is 0.877. The molecule has 0 aromatic heterocycles. The monoisotopic (exact) mass is 366 g/mol. The number of rotatable bonds is 5. The van der Waals surface area contributed by atoms with Crippen LogP contribution in [-0.4, -0.2) is 27.1 Å². The van der Waals surface area contributed by atoms with E-state index in [0.717, 1.165) is 11.8 Å². The summed E-state index contributed by atoms with van der Waals surface area (Å²) >= 11 is 5.95. The first-order valence-electron chi connectivity index (χ1n) is 7.37. The van der Waals surface area contributed by atoms with Crippen molar-refractivity contribution in [3.63, 3.8) is 0 Å². The molecular formula is C17H19ClN2O3S. The molecule has 0 radical (unpaired) electrons. The Morgan fingerprint density at radius 1 is 1.17 bits per heavy atom. The smallest absolute Gasteiger partial charge is 0.255 e. The lowest BCUT2D eigenvalue weighted by Gasteiger charge is -2.20. The Labute approximate surface area is 147 Å². The van der Waals surface area contributed by atoms with Crippen molar-refractivity contribution >= 4 is 38.9 Å². The van der Waals surface area contributed by atoms with E-state index in [0.29, 0.717) is 28.5 Å². The van der Waals surface area contributed by atoms with E-state index in [4.69, 9.17) is 11.6 Å². The van der Waals surface area contributed by atoms with Crippen LogP contribution in [0, 0.1) is 6.92 Å². The first kappa shape index (κ1) is 18.3. The second-order valence-electron chi connectivity index (χ2n) is 5.39. The number of hydrogen-bond donors (Lipinski definition) is 1. The van der Waals surface area contributed by atoms with Gasteiger partial charge in [-0.05, 0) is 55.8 Å². The minimum absolute atomic E-state index is 0.283. The summed E-state index contributed by atoms with van der Waals surface area (Å²) in [6, 6.07) is 11.7. The van der Waals surface area contributed by atoms with Gasteiger partial charge >= 0.3 is 0 Å². The average molecular weight is 367 g/mol. The Morgan fingerprint density at radius 3 is 2.33 bits per heavy atom. The standard InChI is InChI=1S/C17H19ClN2O3S/c1-4-20(24(3,22)23)15-9-6-13(7-10-15)17(21)19-16-11-14(18)8-5-12(16)2/h5-11H,4H2,1-3H3,(H,19,21). The lowest BCUT2D eigenvalue weighted by Crippen LogP contribution is -2.29. The molecule has 2 rings (SSSR count). The molecule has 0 unspecified atom stereocenters. The summed E-state index contributed by atoms with van der Waals surface area (Å²) in [5, 5.41) is 3.34. The summed E-state index contributed by atoms with van der Waals surface area (Å²) in [5.74, 6) is -0.283. The van der Waals surface area contributed by atoms with Crippen LogP contribution in [0.5, 0.6) is 0 Å². The van der Waals surface area contributed by atoms with E-state index in [-0.39, 0.29) is 5.91 Å². The van der Waals surface area contributed by atoms with E-state index in [1.54, 1.807) is 43.3 Å². The zero-order valence-electron chi connectivity index (χ0n) is 13.7. The maximum absolute atomic E-state index is 12.3. The summed E-state index contributed by atoms with van der Waals surface area (Å²) in [4.78, 5) is 12.3. The lowest BCUT2D eigenvalue weighted by atomic mass is 10.1. The number of benzene rings is 2. The highest BCUT2D eigenvalue weighted by Crippen LogP contribution is 2.22. The molecule has 0 aliphatic carbocycles. The van der Waals surface area contributed by atoms with Crippen molar-refractivity contribution in [1.29, 1.82) is 0 Å². The van der Waals surface area contributed by atoms with E-state index >= 15 is 0 Å². The zero-order valence-corrected chi connectivity index (χ0v) is 15.3. The molecule has 7 heteroatoms. The molecule has 0 fully saturated rings. The second kappa shape index (κ2) is 7.23. The zero-order chi connectivity index (χ0) is 17.9. The first-order valence-corrected chi connectivity index (χ1v) is 9.60. The van der Waals surface area contributed by atoms with E-state index in [2.05, 4.69) is 5.32 Å². The van der Waals surface area contributed by atoms with E-state index in [1.807, 2.05) is 13.0 Å². The van der Waals surface area contributed by atoms with Crippen LogP contribution in [0.25, 0.3) is 0 Å². The van der Waals surface area contributed by atoms with Gasteiger partial charge in [0.25, 0.3) is 5.91 Å². The fourth-order valence-electron chi connectivity index (χ4n) is 2.31. The Hall–Kier alpha value is -2.05. The van der Waals surface area contributed by atoms with Crippen LogP contribution in [0.1, 0.15) is 22.8 Å². The van der Waals surface area contributed by atoms with Gasteiger partial charge in [0.05, 0.1) is 11.9 Å². The summed E-state index contributed by atoms with van der Waals surface area (Å²) in [6.07, 6.45) is 1.15. The molecule has 0 saturated carbocycles. The highest BCUT2D eigenvalue weighted by Gasteiger charge is 2.16. The van der Waals surface area contributed by atoms with Gasteiger partial charge in [-0.15, -0.1) is 0 Å². The molecule has 0 aliphatic rings. The number of halogens is 1. The van der Waals surface area contributed by atoms with Crippen LogP contribution in [-0.2, 0) is 10.0 Å². The first-order chi connectivity index (χ1) is 11.2. The second-order valence-corrected chi connectivity index (χ2v) is 7.73. The number of nitrogens with one attached hydrogen (secondary N) is 1. The number of sulfonamides is 1. The molecule has 128 valence electrons. The van der Waals surface area contributed by atoms with Crippen LogP contribution in [0.4, 0.5) is 11.4 Å². The fourth-order valence-corrected chi connectivity index (χ4v) is 3.46. The van der Waals surface area contributed by atoms with Gasteiger partial charge in [0.15, 0.2) is 0 Å². The van der Waals surface area contributed by atoms with Gasteiger partial charge in [-0.1, -0.05) is 17.7 Å². The number of hydrogen-bond acceptors (Lipinski definition) is 3. The Morgan fingerprint density at radius 2 is 1.79 bits per heavy atom. The Kier molecular flexibility index (Phi) is 5.51. The van der Waals surface area contributed by atoms with Gasteiger partial charge in [0.1, 0.15) is 0 Å². The Bertz CT molecular complexity index is 849. The van der Waals surface area contributed by atoms with Crippen molar-refractivity contribution in [3.05, 3.63) is 58.6 Å². The molecule has 0 aliphatic heterocycles. The van der Waals surface area contributed by atoms with Gasteiger partial charge in [-0.3, -0.25) is 9.10 Å². The largest absolute Gasteiger partial charge is 0.322 e. The van der Waals surface area contributed by atoms with Crippen LogP contribution in [0.2, 0.25) is 5.02 Å². The SMILES string of the molecule is CCN(c1ccc(C(=O)Nc2cc(Cl)ccc2C)cc1)S(C)(=O)=O. The van der Waals surface area contributed by atoms with Gasteiger partial charge in [-0.2, -0.15) is 0 Å². The molecule has 0 heterocycles. The summed E-state index contributed by atoms with van der Waals surface area (Å²) in [7, 11) is -3.34. The summed E-state index contributed by atoms with van der Waals surface area (Å²) in [5.41, 5.74) is 2.50. The molecular weight excluding hydrogens is 348 g/mol. The van der Waals surface area contributed by atoms with Crippen molar-refractivity contribution in [2.75, 3.05) is 22.4 Å². The third-order valence-electron chi connectivity index (χ3n) is 3.55. The number of carbonyl (C=O) groups excluding carboxylic acids is 1. The highest BCUT2D eigenvalue weighted by atomic mass is 35.5. The van der Waals surface area contributed by atoms with Gasteiger partial charge < -0.3 is 5.32 Å². The lowest BCUT2D eigenvalue weighted by molar-refractivity contribution is 0.102. The predicted octanol–water partition coefficient (Wildman–Crippen LogP) is 3.69. The average Bonchev–Trinajstić information content (AvgIpc) is 2.51. The molecule has 24 heavy (non-hydrogen) atoms. The fraction of sp³-hybridized carbons (Fsp3) is 0.235. The van der Waals surface area contributed by atoms with E-state index < -0.39 is 10.0 Å². The third kappa shape index (κ3) is 4.27. The van der Waals surface area contributed by atoms with Gasteiger partial charge in [-0.25, -0.2) is 8.42 Å². The predicted molar refractivity (Wildman–Crippen MR) is 98.4 cm³/mol. The maximum Gasteiger partial charge on any atom is 0.255 e. The van der Waals surface area contributed by atoms with Crippen molar-refractivity contribution in [2.24, 2.45) is 0 Å². The molecule has 0 atom stereocenters. The molecule has 1 N–H and O–H groups in total. The number of aryl methyl sites for hydroxylation is 1. The number of amides is 1. The van der Waals surface area contributed by atoms with Crippen molar-refractivity contribution in [2.45, 2.75) is 13.8 Å². The number of carbonyl (C=O) groups is 1. The highest BCUT2D eigenvalue weighted by molar-refractivity contribution is 7.92. The molecule has 2 aromatic carbocycles. The summed E-state index contributed by atoms with van der Waals surface area (Å²) in [6.45, 7) is 3.95. The van der Waals surface area contributed by atoms with Crippen molar-refractivity contribution in [3.8, 4) is 0 Å². The van der Waals surface area contributed by atoms with E-state index in [1.165, 1.54) is 4.31 Å². The van der Waals surface area contributed by atoms with Crippen LogP contribution in [0.15, 0.2) is 42.5 Å². The number of anilines is 2. The number of nitrogens with zero attached hydrogens (tertiary/aromatic N) is 1. The molecule has 0 spiro atoms. The van der Waals surface area contributed by atoms with Crippen molar-refractivity contribution in [1.82, 2.24) is 0 Å². The molecule has 0 bridgehead atoms. The summed E-state index contributed by atoms with van der Waals surface area (Å²) < 4.78 is 24.7. The van der Waals surface area contributed by atoms with Gasteiger partial charge in [0.2, 0.25) is 10.0 Å². The topological polar surface area (TPSA) is 66.5 Å². The molecule has 0 saturated heterocycles. The minimum atomic E-state index is -3.34. The van der Waals surface area contributed by atoms with Crippen LogP contribution >= 0.6 is 11.6 Å².